The van der Waals surface area contributed by atoms with Crippen LogP contribution >= 0.6 is 0 Å². The molecule has 1 aliphatic heterocycles. The van der Waals surface area contributed by atoms with Gasteiger partial charge in [0.15, 0.2) is 0 Å². The Bertz CT molecular complexity index is 605. The average molecular weight is 439 g/mol. The van der Waals surface area contributed by atoms with Crippen LogP contribution in [0.4, 0.5) is 0 Å². The first-order valence-corrected chi connectivity index (χ1v) is 12.4. The molecule has 6 nitrogen and oxygen atoms in total. The minimum atomic E-state index is -0.305. The molecule has 0 spiro atoms. The van der Waals surface area contributed by atoms with E-state index in [0.29, 0.717) is 87.1 Å². The monoisotopic (exact) mass is 438 g/mol. The van der Waals surface area contributed by atoms with E-state index in [0.717, 1.165) is 19.3 Å². The summed E-state index contributed by atoms with van der Waals surface area (Å²) in [5.41, 5.74) is 0. The van der Waals surface area contributed by atoms with Crippen molar-refractivity contribution in [2.75, 3.05) is 13.2 Å². The number of carbonyl (C=O) groups is 2. The van der Waals surface area contributed by atoms with Crippen LogP contribution in [0.15, 0.2) is 0 Å². The smallest absolute Gasteiger partial charge is 0.305 e. The van der Waals surface area contributed by atoms with Gasteiger partial charge in [0, 0.05) is 12.8 Å². The van der Waals surface area contributed by atoms with E-state index in [4.69, 9.17) is 14.2 Å². The lowest BCUT2D eigenvalue weighted by Gasteiger charge is -2.39. The summed E-state index contributed by atoms with van der Waals surface area (Å²) >= 11 is 0. The molecule has 1 heterocycles. The van der Waals surface area contributed by atoms with Crippen molar-refractivity contribution in [3.05, 3.63) is 0 Å². The zero-order valence-corrected chi connectivity index (χ0v) is 19.8. The molecule has 1 saturated heterocycles. The van der Waals surface area contributed by atoms with Gasteiger partial charge in [-0.3, -0.25) is 9.59 Å². The molecule has 0 aromatic rings. The Morgan fingerprint density at radius 2 is 1.39 bits per heavy atom. The van der Waals surface area contributed by atoms with E-state index in [1.165, 1.54) is 0 Å². The van der Waals surface area contributed by atoms with E-state index in [-0.39, 0.29) is 24.0 Å². The summed E-state index contributed by atoms with van der Waals surface area (Å²) in [6.07, 6.45) is 6.23. The number of aliphatic hydroxyl groups excluding tert-OH is 1. The minimum Gasteiger partial charge on any atom is -0.465 e. The first-order valence-electron chi connectivity index (χ1n) is 12.4. The summed E-state index contributed by atoms with van der Waals surface area (Å²) in [5.74, 6) is 2.03. The fourth-order valence-electron chi connectivity index (χ4n) is 5.44. The number of hydrogen-bond acceptors (Lipinski definition) is 6. The van der Waals surface area contributed by atoms with Crippen LogP contribution in [0.3, 0.4) is 0 Å². The molecule has 0 radical (unpaired) electrons. The molecule has 0 aromatic heterocycles. The number of epoxide rings is 1. The van der Waals surface area contributed by atoms with E-state index in [2.05, 4.69) is 27.7 Å². The largest absolute Gasteiger partial charge is 0.465 e. The standard InChI is InChI=1S/C25H42O6/c1-15(2)20-9-16(3)18(11-21(20)26)13-29-24(27)7-5-6-8-25(28)30-14-19-12-23-22(31-23)10-17(19)4/h15-23,26H,5-14H2,1-4H3. The summed E-state index contributed by atoms with van der Waals surface area (Å²) < 4.78 is 16.5. The topological polar surface area (TPSA) is 85.4 Å². The summed E-state index contributed by atoms with van der Waals surface area (Å²) in [5, 5.41) is 10.4. The van der Waals surface area contributed by atoms with Crippen molar-refractivity contribution < 1.29 is 28.9 Å². The van der Waals surface area contributed by atoms with E-state index < -0.39 is 0 Å². The molecule has 3 fully saturated rings. The maximum atomic E-state index is 12.1. The van der Waals surface area contributed by atoms with Gasteiger partial charge in [0.05, 0.1) is 31.5 Å². The van der Waals surface area contributed by atoms with Gasteiger partial charge in [-0.15, -0.1) is 0 Å². The summed E-state index contributed by atoms with van der Waals surface area (Å²) in [6.45, 7) is 9.58. The molecule has 0 aromatic carbocycles. The van der Waals surface area contributed by atoms with Crippen molar-refractivity contribution >= 4 is 11.9 Å². The van der Waals surface area contributed by atoms with Crippen LogP contribution in [0, 0.1) is 35.5 Å². The Morgan fingerprint density at radius 3 is 1.97 bits per heavy atom. The van der Waals surface area contributed by atoms with Crippen LogP contribution in [-0.2, 0) is 23.8 Å². The number of unbranched alkanes of at least 4 members (excludes halogenated alkanes) is 1. The van der Waals surface area contributed by atoms with E-state index in [1.54, 1.807) is 0 Å². The fourth-order valence-corrected chi connectivity index (χ4v) is 5.44. The molecule has 1 N–H and O–H groups in total. The van der Waals surface area contributed by atoms with Gasteiger partial charge in [-0.2, -0.15) is 0 Å². The van der Waals surface area contributed by atoms with E-state index in [1.807, 2.05) is 0 Å². The van der Waals surface area contributed by atoms with Gasteiger partial charge in [-0.1, -0.05) is 27.7 Å². The Hall–Kier alpha value is -1.14. The Morgan fingerprint density at radius 1 is 0.871 bits per heavy atom. The zero-order valence-electron chi connectivity index (χ0n) is 19.8. The van der Waals surface area contributed by atoms with Gasteiger partial charge < -0.3 is 19.3 Å². The number of rotatable bonds is 10. The maximum Gasteiger partial charge on any atom is 0.305 e. The fraction of sp³-hybridized carbons (Fsp3) is 0.920. The molecule has 3 aliphatic rings. The highest BCUT2D eigenvalue weighted by Crippen LogP contribution is 2.42. The molecule has 2 aliphatic carbocycles. The van der Waals surface area contributed by atoms with Gasteiger partial charge in [-0.25, -0.2) is 0 Å². The Balaban J connectivity index is 1.23. The van der Waals surface area contributed by atoms with Crippen LogP contribution in [0.5, 0.6) is 0 Å². The number of carbonyl (C=O) groups excluding carboxylic acids is 2. The maximum absolute atomic E-state index is 12.1. The van der Waals surface area contributed by atoms with Crippen molar-refractivity contribution in [2.45, 2.75) is 97.4 Å². The van der Waals surface area contributed by atoms with Gasteiger partial charge in [0.2, 0.25) is 0 Å². The molecule has 6 heteroatoms. The number of hydrogen-bond donors (Lipinski definition) is 1. The molecule has 0 bridgehead atoms. The molecule has 178 valence electrons. The molecule has 8 atom stereocenters. The quantitative estimate of drug-likeness (QED) is 0.314. The van der Waals surface area contributed by atoms with Gasteiger partial charge in [0.25, 0.3) is 0 Å². The predicted octanol–water partition coefficient (Wildman–Crippen LogP) is 4.13. The predicted molar refractivity (Wildman–Crippen MR) is 117 cm³/mol. The molecular weight excluding hydrogens is 396 g/mol. The molecule has 31 heavy (non-hydrogen) atoms. The van der Waals surface area contributed by atoms with Crippen LogP contribution in [0.1, 0.15) is 79.1 Å². The van der Waals surface area contributed by atoms with Crippen LogP contribution < -0.4 is 0 Å². The third-order valence-corrected chi connectivity index (χ3v) is 7.90. The minimum absolute atomic E-state index is 0.177. The van der Waals surface area contributed by atoms with Crippen molar-refractivity contribution in [2.24, 2.45) is 35.5 Å². The highest BCUT2D eigenvalue weighted by Gasteiger charge is 2.47. The molecular formula is C25H42O6. The Labute approximate surface area is 187 Å². The lowest BCUT2D eigenvalue weighted by atomic mass is 9.70. The van der Waals surface area contributed by atoms with Crippen LogP contribution in [0.2, 0.25) is 0 Å². The number of aliphatic hydroxyl groups is 1. The van der Waals surface area contributed by atoms with Crippen LogP contribution in [0.25, 0.3) is 0 Å². The van der Waals surface area contributed by atoms with E-state index in [9.17, 15) is 14.7 Å². The molecule has 8 unspecified atom stereocenters. The summed E-state index contributed by atoms with van der Waals surface area (Å²) in [7, 11) is 0. The number of fused-ring (bicyclic) bond motifs is 1. The van der Waals surface area contributed by atoms with Crippen molar-refractivity contribution in [1.29, 1.82) is 0 Å². The summed E-state index contributed by atoms with van der Waals surface area (Å²) in [4.78, 5) is 24.1. The van der Waals surface area contributed by atoms with Gasteiger partial charge >= 0.3 is 11.9 Å². The first kappa shape index (κ1) is 24.5. The van der Waals surface area contributed by atoms with Gasteiger partial charge in [0.1, 0.15) is 0 Å². The lowest BCUT2D eigenvalue weighted by Crippen LogP contribution is -2.38. The van der Waals surface area contributed by atoms with Crippen molar-refractivity contribution in [1.82, 2.24) is 0 Å². The van der Waals surface area contributed by atoms with Gasteiger partial charge in [-0.05, 0) is 74.0 Å². The Kier molecular flexibility index (Phi) is 8.80. The third kappa shape index (κ3) is 7.18. The van der Waals surface area contributed by atoms with Crippen molar-refractivity contribution in [3.8, 4) is 0 Å². The highest BCUT2D eigenvalue weighted by atomic mass is 16.6. The normalized spacial score (nSPS) is 37.2. The van der Waals surface area contributed by atoms with Crippen molar-refractivity contribution in [3.63, 3.8) is 0 Å². The molecule has 2 saturated carbocycles. The molecule has 3 rings (SSSR count). The number of esters is 2. The second-order valence-electron chi connectivity index (χ2n) is 10.7. The number of ether oxygens (including phenoxy) is 3. The second-order valence-corrected chi connectivity index (χ2v) is 10.7. The van der Waals surface area contributed by atoms with Crippen LogP contribution in [-0.4, -0.2) is 48.6 Å². The highest BCUT2D eigenvalue weighted by molar-refractivity contribution is 5.70. The summed E-state index contributed by atoms with van der Waals surface area (Å²) in [6, 6.07) is 0. The third-order valence-electron chi connectivity index (χ3n) is 7.90. The lowest BCUT2D eigenvalue weighted by molar-refractivity contribution is -0.148. The SMILES string of the molecule is CC(C)C1CC(C)C(COC(=O)CCCCC(=O)OCC2CC3OC3CC2C)CC1O. The molecule has 0 amide bonds. The average Bonchev–Trinajstić information content (AvgIpc) is 3.47. The van der Waals surface area contributed by atoms with E-state index >= 15 is 0 Å². The first-order chi connectivity index (χ1) is 14.7. The second kappa shape index (κ2) is 11.1. The zero-order chi connectivity index (χ0) is 22.5.